The van der Waals surface area contributed by atoms with Gasteiger partial charge in [-0.25, -0.2) is 0 Å². The van der Waals surface area contributed by atoms with Gasteiger partial charge in [0.1, 0.15) is 11.9 Å². The second-order valence-corrected chi connectivity index (χ2v) is 5.87. The average molecular weight is 327 g/mol. The van der Waals surface area contributed by atoms with Crippen molar-refractivity contribution in [3.8, 4) is 5.75 Å². The van der Waals surface area contributed by atoms with E-state index in [0.717, 1.165) is 24.5 Å². The van der Waals surface area contributed by atoms with Gasteiger partial charge in [0.2, 0.25) is 5.56 Å². The minimum absolute atomic E-state index is 0.100. The Morgan fingerprint density at radius 3 is 2.83 bits per heavy atom. The van der Waals surface area contributed by atoms with E-state index in [4.69, 9.17) is 4.74 Å². The zero-order valence-electron chi connectivity index (χ0n) is 13.9. The second-order valence-electron chi connectivity index (χ2n) is 5.87. The predicted molar refractivity (Wildman–Crippen MR) is 92.8 cm³/mol. The van der Waals surface area contributed by atoms with Gasteiger partial charge >= 0.3 is 0 Å². The number of H-pyrrole nitrogens is 1. The van der Waals surface area contributed by atoms with Crippen LogP contribution in [-0.4, -0.2) is 48.6 Å². The number of rotatable bonds is 4. The van der Waals surface area contributed by atoms with Gasteiger partial charge in [-0.1, -0.05) is 12.1 Å². The summed E-state index contributed by atoms with van der Waals surface area (Å²) in [7, 11) is 1.74. The Morgan fingerprint density at radius 2 is 2.12 bits per heavy atom. The number of fused-ring (bicyclic) bond motifs is 1. The number of hydrogen-bond donors (Lipinski definition) is 1. The molecule has 0 bridgehead atoms. The largest absolute Gasteiger partial charge is 0.485 e. The van der Waals surface area contributed by atoms with Gasteiger partial charge in [0.15, 0.2) is 0 Å². The van der Waals surface area contributed by atoms with Gasteiger partial charge in [-0.2, -0.15) is 0 Å². The zero-order chi connectivity index (χ0) is 17.1. The van der Waals surface area contributed by atoms with Crippen molar-refractivity contribution >= 4 is 11.6 Å². The molecule has 0 fully saturated rings. The first kappa shape index (κ1) is 16.1. The van der Waals surface area contributed by atoms with E-state index in [9.17, 15) is 9.59 Å². The van der Waals surface area contributed by atoms with Gasteiger partial charge in [0.05, 0.1) is 24.3 Å². The number of benzene rings is 1. The van der Waals surface area contributed by atoms with Crippen LogP contribution in [-0.2, 0) is 0 Å². The Morgan fingerprint density at radius 1 is 1.33 bits per heavy atom. The molecule has 1 N–H and O–H groups in total. The minimum Gasteiger partial charge on any atom is -0.485 e. The molecule has 0 saturated carbocycles. The highest BCUT2D eigenvalue weighted by Crippen LogP contribution is 2.32. The summed E-state index contributed by atoms with van der Waals surface area (Å²) in [5, 5.41) is 0. The van der Waals surface area contributed by atoms with Crippen LogP contribution >= 0.6 is 0 Å². The molecule has 0 saturated heterocycles. The third-order valence-electron chi connectivity index (χ3n) is 4.16. The summed E-state index contributed by atoms with van der Waals surface area (Å²) < 4.78 is 6.05. The Kier molecular flexibility index (Phi) is 4.55. The van der Waals surface area contributed by atoms with Crippen molar-refractivity contribution in [3.63, 3.8) is 0 Å². The number of carbonyl (C=O) groups is 1. The van der Waals surface area contributed by atoms with Crippen LogP contribution in [0.1, 0.15) is 17.3 Å². The molecule has 126 valence electrons. The number of likely N-dealkylation sites (N-methyl/N-ethyl adjacent to an activating group) is 2. The topological polar surface area (TPSA) is 65.6 Å². The third kappa shape index (κ3) is 3.27. The van der Waals surface area contributed by atoms with Crippen molar-refractivity contribution in [2.75, 3.05) is 31.6 Å². The molecule has 0 radical (unpaired) electrons. The number of amides is 1. The lowest BCUT2D eigenvalue weighted by molar-refractivity contribution is 0.0709. The lowest BCUT2D eigenvalue weighted by atomic mass is 10.1. The molecule has 1 aromatic carbocycles. The third-order valence-corrected chi connectivity index (χ3v) is 4.16. The number of carbonyl (C=O) groups excluding carboxylic acids is 1. The molecule has 2 aromatic rings. The Hall–Kier alpha value is -2.76. The number of pyridine rings is 1. The molecule has 0 aliphatic carbocycles. The minimum atomic E-state index is -0.222. The van der Waals surface area contributed by atoms with Crippen molar-refractivity contribution in [1.29, 1.82) is 0 Å². The van der Waals surface area contributed by atoms with Crippen LogP contribution in [0.15, 0.2) is 47.4 Å². The average Bonchev–Trinajstić information content (AvgIpc) is 2.61. The maximum atomic E-state index is 12.5. The molecule has 1 aromatic heterocycles. The number of aromatic amines is 1. The molecule has 0 unspecified atom stereocenters. The molecule has 1 amide bonds. The van der Waals surface area contributed by atoms with E-state index in [2.05, 4.69) is 16.8 Å². The summed E-state index contributed by atoms with van der Waals surface area (Å²) in [6.07, 6.45) is 1.34. The van der Waals surface area contributed by atoms with Crippen LogP contribution in [0.3, 0.4) is 0 Å². The lowest BCUT2D eigenvalue weighted by Gasteiger charge is -2.37. The Labute approximate surface area is 140 Å². The van der Waals surface area contributed by atoms with Crippen molar-refractivity contribution in [1.82, 2.24) is 9.88 Å². The number of hydrogen-bond acceptors (Lipinski definition) is 4. The van der Waals surface area contributed by atoms with Crippen molar-refractivity contribution in [2.45, 2.75) is 13.0 Å². The molecular weight excluding hydrogens is 306 g/mol. The molecule has 2 heterocycles. The first-order valence-corrected chi connectivity index (χ1v) is 8.03. The molecule has 3 rings (SSSR count). The highest BCUT2D eigenvalue weighted by atomic mass is 16.5. The van der Waals surface area contributed by atoms with Crippen LogP contribution < -0.4 is 15.2 Å². The van der Waals surface area contributed by atoms with Gasteiger partial charge in [-0.15, -0.1) is 0 Å². The fourth-order valence-electron chi connectivity index (χ4n) is 2.93. The summed E-state index contributed by atoms with van der Waals surface area (Å²) in [5.41, 5.74) is 1.33. The fraction of sp³-hybridized carbons (Fsp3) is 0.333. The Bertz CT molecular complexity index is 767. The van der Waals surface area contributed by atoms with E-state index in [-0.39, 0.29) is 17.6 Å². The summed E-state index contributed by atoms with van der Waals surface area (Å²) >= 11 is 0. The molecule has 1 aliphatic rings. The molecule has 6 heteroatoms. The van der Waals surface area contributed by atoms with Crippen LogP contribution in [0.5, 0.6) is 5.75 Å². The number of aromatic nitrogens is 1. The SMILES string of the molecule is CCN1C[C@H](CN(C)C(=O)c2ccc(=O)[nH]c2)Oc2ccccc21. The molecule has 1 aliphatic heterocycles. The molecule has 6 nitrogen and oxygen atoms in total. The molecule has 1 atom stereocenters. The summed E-state index contributed by atoms with van der Waals surface area (Å²) in [6.45, 7) is 4.20. The highest BCUT2D eigenvalue weighted by molar-refractivity contribution is 5.93. The second kappa shape index (κ2) is 6.78. The first-order valence-electron chi connectivity index (χ1n) is 8.03. The van der Waals surface area contributed by atoms with Crippen molar-refractivity contribution in [3.05, 3.63) is 58.5 Å². The summed E-state index contributed by atoms with van der Waals surface area (Å²) in [5.74, 6) is 0.706. The standard InChI is InChI=1S/C18H21N3O3/c1-3-21-12-14(24-16-7-5-4-6-15(16)21)11-20(2)18(23)13-8-9-17(22)19-10-13/h4-10,14H,3,11-12H2,1-2H3,(H,19,22)/t14-/m0/s1. The number of nitrogens with one attached hydrogen (secondary N) is 1. The van der Waals surface area contributed by atoms with Gasteiger partial charge in [0, 0.05) is 25.9 Å². The van der Waals surface area contributed by atoms with Crippen LogP contribution in [0.2, 0.25) is 0 Å². The number of ether oxygens (including phenoxy) is 1. The van der Waals surface area contributed by atoms with Gasteiger partial charge in [0.25, 0.3) is 5.91 Å². The first-order chi connectivity index (χ1) is 11.6. The number of nitrogens with zero attached hydrogens (tertiary/aromatic N) is 2. The summed E-state index contributed by atoms with van der Waals surface area (Å²) in [4.78, 5) is 30.0. The van der Waals surface area contributed by atoms with E-state index < -0.39 is 0 Å². The maximum absolute atomic E-state index is 12.5. The van der Waals surface area contributed by atoms with Crippen LogP contribution in [0.25, 0.3) is 0 Å². The highest BCUT2D eigenvalue weighted by Gasteiger charge is 2.26. The van der Waals surface area contributed by atoms with Crippen molar-refractivity contribution in [2.24, 2.45) is 0 Å². The predicted octanol–water partition coefficient (Wildman–Crippen LogP) is 1.73. The molecule has 24 heavy (non-hydrogen) atoms. The maximum Gasteiger partial charge on any atom is 0.255 e. The molecular formula is C18H21N3O3. The number of anilines is 1. The van der Waals surface area contributed by atoms with Crippen LogP contribution in [0.4, 0.5) is 5.69 Å². The van der Waals surface area contributed by atoms with E-state index in [1.54, 1.807) is 11.9 Å². The van der Waals surface area contributed by atoms with Gasteiger partial charge in [-0.3, -0.25) is 9.59 Å². The summed E-state index contributed by atoms with van der Waals surface area (Å²) in [6, 6.07) is 10.8. The smallest absolute Gasteiger partial charge is 0.255 e. The van der Waals surface area contributed by atoms with Gasteiger partial charge in [-0.05, 0) is 25.1 Å². The quantitative estimate of drug-likeness (QED) is 0.929. The van der Waals surface area contributed by atoms with E-state index in [0.29, 0.717) is 12.1 Å². The van der Waals surface area contributed by atoms with Crippen molar-refractivity contribution < 1.29 is 9.53 Å². The monoisotopic (exact) mass is 327 g/mol. The van der Waals surface area contributed by atoms with E-state index >= 15 is 0 Å². The Balaban J connectivity index is 1.71. The normalized spacial score (nSPS) is 16.2. The van der Waals surface area contributed by atoms with Crippen LogP contribution in [0, 0.1) is 0 Å². The molecule has 0 spiro atoms. The van der Waals surface area contributed by atoms with E-state index in [1.807, 2.05) is 24.3 Å². The fourth-order valence-corrected chi connectivity index (χ4v) is 2.93. The number of para-hydroxylation sites is 2. The lowest BCUT2D eigenvalue weighted by Crippen LogP contribution is -2.46. The van der Waals surface area contributed by atoms with Gasteiger partial charge < -0.3 is 19.5 Å². The van der Waals surface area contributed by atoms with E-state index in [1.165, 1.54) is 18.3 Å². The zero-order valence-corrected chi connectivity index (χ0v) is 13.9.